The molecular formula is C44H53FN8O9. The van der Waals surface area contributed by atoms with E-state index in [9.17, 15) is 38.7 Å². The van der Waals surface area contributed by atoms with Crippen molar-refractivity contribution in [2.45, 2.75) is 72.2 Å². The van der Waals surface area contributed by atoms with Gasteiger partial charge in [0.05, 0.1) is 17.2 Å². The molecule has 0 bridgehead atoms. The smallest absolute Gasteiger partial charge is 0.410 e. The van der Waals surface area contributed by atoms with Gasteiger partial charge in [-0.05, 0) is 82.3 Å². The van der Waals surface area contributed by atoms with E-state index >= 15 is 4.39 Å². The molecule has 330 valence electrons. The number of pyridine rings is 1. The third kappa shape index (κ3) is 11.4. The molecule has 1 aliphatic rings. The molecule has 62 heavy (non-hydrogen) atoms. The monoisotopic (exact) mass is 856 g/mol. The number of nitrogens with one attached hydrogen (secondary N) is 4. The number of nitrogens with two attached hydrogens (primary N) is 1. The van der Waals surface area contributed by atoms with Crippen LogP contribution >= 0.6 is 0 Å². The molecule has 3 aromatic carbocycles. The van der Waals surface area contributed by atoms with E-state index in [4.69, 9.17) is 10.5 Å². The summed E-state index contributed by atoms with van der Waals surface area (Å²) < 4.78 is 22.5. The van der Waals surface area contributed by atoms with Crippen molar-refractivity contribution in [1.82, 2.24) is 25.4 Å². The van der Waals surface area contributed by atoms with E-state index in [0.717, 1.165) is 11.6 Å². The Hall–Kier alpha value is -6.98. The molecule has 0 saturated carbocycles. The van der Waals surface area contributed by atoms with E-state index < -0.39 is 64.1 Å². The van der Waals surface area contributed by atoms with Gasteiger partial charge in [-0.15, -0.1) is 0 Å². The third-order valence-electron chi connectivity index (χ3n) is 10.8. The summed E-state index contributed by atoms with van der Waals surface area (Å²) in [4.78, 5) is 92.1. The fourth-order valence-corrected chi connectivity index (χ4v) is 6.93. The number of aromatic nitrogens is 1. The van der Waals surface area contributed by atoms with Gasteiger partial charge in [0.15, 0.2) is 0 Å². The number of primary amides is 1. The van der Waals surface area contributed by atoms with Crippen molar-refractivity contribution in [3.63, 3.8) is 0 Å². The number of anilines is 2. The fraction of sp³-hybridized carbons (Fsp3) is 0.386. The van der Waals surface area contributed by atoms with Gasteiger partial charge in [0.25, 0.3) is 0 Å². The highest BCUT2D eigenvalue weighted by Crippen LogP contribution is 2.27. The summed E-state index contributed by atoms with van der Waals surface area (Å²) in [7, 11) is 0. The number of carboxylic acids is 1. The molecule has 2 heterocycles. The number of hydrogen-bond donors (Lipinski definition) is 6. The Bertz CT molecular complexity index is 2350. The minimum absolute atomic E-state index is 0.0294. The Morgan fingerprint density at radius 2 is 1.58 bits per heavy atom. The predicted octanol–water partition coefficient (Wildman–Crippen LogP) is 4.48. The molecule has 2 unspecified atom stereocenters. The molecule has 0 spiro atoms. The van der Waals surface area contributed by atoms with Gasteiger partial charge in [0.2, 0.25) is 23.2 Å². The van der Waals surface area contributed by atoms with Crippen molar-refractivity contribution < 1.29 is 43.0 Å². The second kappa shape index (κ2) is 20.5. The first-order chi connectivity index (χ1) is 29.5. The Kier molecular flexibility index (Phi) is 15.3. The van der Waals surface area contributed by atoms with Crippen LogP contribution in [0.5, 0.6) is 0 Å². The Morgan fingerprint density at radius 1 is 0.919 bits per heavy atom. The van der Waals surface area contributed by atoms with Gasteiger partial charge in [-0.2, -0.15) is 0 Å². The highest BCUT2D eigenvalue weighted by Gasteiger charge is 2.39. The summed E-state index contributed by atoms with van der Waals surface area (Å²) in [5, 5.41) is 20.3. The Labute approximate surface area is 357 Å². The first-order valence-electron chi connectivity index (χ1n) is 20.4. The van der Waals surface area contributed by atoms with Crippen molar-refractivity contribution in [3.05, 3.63) is 106 Å². The van der Waals surface area contributed by atoms with Gasteiger partial charge in [-0.3, -0.25) is 19.2 Å². The zero-order chi connectivity index (χ0) is 45.1. The molecule has 1 saturated heterocycles. The number of hydrogen-bond acceptors (Lipinski definition) is 9. The second-order valence-electron chi connectivity index (χ2n) is 15.5. The van der Waals surface area contributed by atoms with Crippen molar-refractivity contribution in [2.24, 2.45) is 11.1 Å². The molecular weight excluding hydrogens is 804 g/mol. The predicted molar refractivity (Wildman–Crippen MR) is 230 cm³/mol. The largest absolute Gasteiger partial charge is 0.477 e. The maximum Gasteiger partial charge on any atom is 0.410 e. The third-order valence-corrected chi connectivity index (χ3v) is 10.8. The molecule has 2 atom stereocenters. The van der Waals surface area contributed by atoms with Crippen LogP contribution in [-0.2, 0) is 32.3 Å². The lowest BCUT2D eigenvalue weighted by atomic mass is 9.89. The molecule has 5 rings (SSSR count). The standard InChI is InChI=1S/C44H53FN8O9/c1-5-51-25-32(39(56)57)37(54)31-23-33(45)36(24-35(31)51)52-19-21-53(22-20-52)43(61)62-26-28-14-16-30(17-15-28)49-38(55)34(13-9-10-18-47-42(46)60)50-41(59)44(3,4)40(58)48-27(2)29-11-7-6-8-12-29/h6-8,11-12,14-17,23-25,27,34H,5,9-10,13,18-22,26H2,1-4H3,(H,48,58)(H,49,55)(H,50,59)(H,56,57)(H3,46,47,60). The number of carbonyl (C=O) groups is 6. The fourth-order valence-electron chi connectivity index (χ4n) is 6.93. The number of fused-ring (bicyclic) bond motifs is 1. The first-order valence-corrected chi connectivity index (χ1v) is 20.4. The number of amides is 6. The summed E-state index contributed by atoms with van der Waals surface area (Å²) >= 11 is 0. The summed E-state index contributed by atoms with van der Waals surface area (Å²) in [6.45, 7) is 8.14. The molecule has 1 aromatic heterocycles. The SMILES string of the molecule is CCn1cc(C(=O)O)c(=O)c2cc(F)c(N3CCN(C(=O)OCc4ccc(NC(=O)C(CCCCNC(N)=O)NC(=O)C(C)(C)C(=O)NC(C)c5ccccc5)cc4)CC3)cc21. The number of aryl methyl sites for hydroxylation is 1. The van der Waals surface area contributed by atoms with E-state index in [1.54, 1.807) is 40.7 Å². The van der Waals surface area contributed by atoms with Crippen LogP contribution in [0.1, 0.15) is 74.5 Å². The number of urea groups is 1. The molecule has 0 aliphatic carbocycles. The Balaban J connectivity index is 1.15. The lowest BCUT2D eigenvalue weighted by molar-refractivity contribution is -0.143. The average molecular weight is 857 g/mol. The molecule has 7 N–H and O–H groups in total. The summed E-state index contributed by atoms with van der Waals surface area (Å²) in [6.07, 6.45) is 1.80. The van der Waals surface area contributed by atoms with Gasteiger partial charge in [-0.1, -0.05) is 42.5 Å². The quantitative estimate of drug-likeness (QED) is 0.0644. The van der Waals surface area contributed by atoms with Gasteiger partial charge >= 0.3 is 18.1 Å². The van der Waals surface area contributed by atoms with Crippen molar-refractivity contribution in [1.29, 1.82) is 0 Å². The van der Waals surface area contributed by atoms with Crippen LogP contribution in [0.15, 0.2) is 77.7 Å². The van der Waals surface area contributed by atoms with E-state index in [1.807, 2.05) is 37.3 Å². The van der Waals surface area contributed by atoms with Crippen LogP contribution in [-0.4, -0.2) is 89.2 Å². The van der Waals surface area contributed by atoms with Gasteiger partial charge < -0.3 is 51.2 Å². The van der Waals surface area contributed by atoms with Crippen molar-refractivity contribution in [3.8, 4) is 0 Å². The second-order valence-corrected chi connectivity index (χ2v) is 15.5. The zero-order valence-corrected chi connectivity index (χ0v) is 35.2. The van der Waals surface area contributed by atoms with Crippen LogP contribution in [0, 0.1) is 11.2 Å². The van der Waals surface area contributed by atoms with Crippen molar-refractivity contribution in [2.75, 3.05) is 42.9 Å². The van der Waals surface area contributed by atoms with E-state index in [2.05, 4.69) is 21.3 Å². The number of aromatic carboxylic acids is 1. The summed E-state index contributed by atoms with van der Waals surface area (Å²) in [6, 6.07) is 16.4. The van der Waals surface area contributed by atoms with Crippen LogP contribution in [0.25, 0.3) is 10.9 Å². The zero-order valence-electron chi connectivity index (χ0n) is 35.2. The van der Waals surface area contributed by atoms with Crippen LogP contribution < -0.4 is 37.3 Å². The number of halogens is 1. The van der Waals surface area contributed by atoms with Crippen LogP contribution in [0.2, 0.25) is 0 Å². The van der Waals surface area contributed by atoms with Crippen LogP contribution in [0.4, 0.5) is 25.4 Å². The van der Waals surface area contributed by atoms with E-state index in [-0.39, 0.29) is 62.9 Å². The number of rotatable bonds is 17. The number of ether oxygens (including phenoxy) is 1. The molecule has 1 fully saturated rings. The maximum absolute atomic E-state index is 15.3. The van der Waals surface area contributed by atoms with Gasteiger partial charge in [0.1, 0.15) is 29.4 Å². The molecule has 17 nitrogen and oxygen atoms in total. The van der Waals surface area contributed by atoms with Crippen LogP contribution in [0.3, 0.4) is 0 Å². The topological polar surface area (TPSA) is 234 Å². The number of nitrogens with zero attached hydrogens (tertiary/aromatic N) is 3. The molecule has 4 aromatic rings. The molecule has 6 amide bonds. The first kappa shape index (κ1) is 46.1. The number of piperazine rings is 1. The molecule has 0 radical (unpaired) electrons. The number of carboxylic acid groups (broad SMARTS) is 1. The highest BCUT2D eigenvalue weighted by atomic mass is 19.1. The lowest BCUT2D eigenvalue weighted by Crippen LogP contribution is -2.53. The normalized spacial score (nSPS) is 13.8. The molecule has 18 heteroatoms. The minimum atomic E-state index is -1.53. The average Bonchev–Trinajstić information content (AvgIpc) is 3.25. The highest BCUT2D eigenvalue weighted by molar-refractivity contribution is 6.06. The number of unbranched alkanes of at least 4 members (excludes halogenated alkanes) is 1. The lowest BCUT2D eigenvalue weighted by Gasteiger charge is -2.35. The minimum Gasteiger partial charge on any atom is -0.477 e. The number of benzene rings is 3. The number of carbonyl (C=O) groups excluding carboxylic acids is 5. The van der Waals surface area contributed by atoms with E-state index in [1.165, 1.54) is 31.0 Å². The van der Waals surface area contributed by atoms with Gasteiger partial charge in [0, 0.05) is 56.5 Å². The Morgan fingerprint density at radius 3 is 2.21 bits per heavy atom. The van der Waals surface area contributed by atoms with E-state index in [0.29, 0.717) is 36.2 Å². The summed E-state index contributed by atoms with van der Waals surface area (Å²) in [5.41, 5.74) is 4.95. The maximum atomic E-state index is 15.3. The molecule has 1 aliphatic heterocycles. The van der Waals surface area contributed by atoms with Gasteiger partial charge in [-0.25, -0.2) is 18.8 Å². The van der Waals surface area contributed by atoms with Crippen molar-refractivity contribution >= 4 is 58.1 Å². The summed E-state index contributed by atoms with van der Waals surface area (Å²) in [5.74, 6) is -3.75.